The molecular formula is C25H29N3O4. The minimum absolute atomic E-state index is 0.0833. The van der Waals surface area contributed by atoms with E-state index in [4.69, 9.17) is 4.74 Å². The summed E-state index contributed by atoms with van der Waals surface area (Å²) >= 11 is 0. The van der Waals surface area contributed by atoms with Gasteiger partial charge in [0.25, 0.3) is 11.8 Å². The lowest BCUT2D eigenvalue weighted by Crippen LogP contribution is -2.38. The lowest BCUT2D eigenvalue weighted by molar-refractivity contribution is -0.126. The molecule has 0 saturated heterocycles. The number of hydrogen-bond acceptors (Lipinski definition) is 4. The van der Waals surface area contributed by atoms with Crippen LogP contribution in [0.25, 0.3) is 0 Å². The molecule has 3 amide bonds. The first-order chi connectivity index (χ1) is 15.6. The second-order valence-electron chi connectivity index (χ2n) is 8.37. The molecule has 32 heavy (non-hydrogen) atoms. The monoisotopic (exact) mass is 435 g/mol. The van der Waals surface area contributed by atoms with Gasteiger partial charge in [-0.1, -0.05) is 43.5 Å². The summed E-state index contributed by atoms with van der Waals surface area (Å²) in [5.74, 6) is 0.425. The number of carbonyl (C=O) groups excluding carboxylic acids is 3. The molecule has 0 bridgehead atoms. The van der Waals surface area contributed by atoms with Gasteiger partial charge in [-0.2, -0.15) is 0 Å². The Labute approximate surface area is 187 Å². The fourth-order valence-corrected chi connectivity index (χ4v) is 4.26. The summed E-state index contributed by atoms with van der Waals surface area (Å²) < 4.78 is 5.72. The lowest BCUT2D eigenvalue weighted by atomic mass is 9.89. The Balaban J connectivity index is 1.23. The molecule has 0 radical (unpaired) electrons. The van der Waals surface area contributed by atoms with Crippen molar-refractivity contribution in [2.45, 2.75) is 44.6 Å². The number of para-hydroxylation sites is 1. The molecule has 2 aromatic carbocycles. The lowest BCUT2D eigenvalue weighted by Gasteiger charge is -2.20. The first-order valence-corrected chi connectivity index (χ1v) is 11.3. The normalized spacial score (nSPS) is 17.7. The standard InChI is InChI=1S/C25H29N3O4/c29-23(17-7-2-1-3-8-17)26-13-14-27-24(30)19-10-6-11-20(15-19)28-25(31)22-16-18-9-4-5-12-21(18)32-22/h4-6,9-12,15,17,22H,1-3,7-8,13-14,16H2,(H,26,29)(H,27,30)(H,28,31). The van der Waals surface area contributed by atoms with Crippen molar-refractivity contribution in [2.75, 3.05) is 18.4 Å². The van der Waals surface area contributed by atoms with Crippen molar-refractivity contribution in [1.29, 1.82) is 0 Å². The number of hydrogen-bond donors (Lipinski definition) is 3. The fourth-order valence-electron chi connectivity index (χ4n) is 4.26. The third kappa shape index (κ3) is 5.46. The molecule has 0 aromatic heterocycles. The molecule has 2 aromatic rings. The Kier molecular flexibility index (Phi) is 7.04. The SMILES string of the molecule is O=C(NCCNC(=O)C1CCCCC1)c1cccc(NC(=O)C2Cc3ccccc3O2)c1. The van der Waals surface area contributed by atoms with Gasteiger partial charge in [0.1, 0.15) is 5.75 Å². The van der Waals surface area contributed by atoms with Gasteiger partial charge in [0, 0.05) is 36.7 Å². The Morgan fingerprint density at radius 2 is 1.66 bits per heavy atom. The van der Waals surface area contributed by atoms with Gasteiger partial charge < -0.3 is 20.7 Å². The first-order valence-electron chi connectivity index (χ1n) is 11.3. The number of anilines is 1. The van der Waals surface area contributed by atoms with Gasteiger partial charge in [0.05, 0.1) is 0 Å². The third-order valence-corrected chi connectivity index (χ3v) is 6.02. The number of amides is 3. The highest BCUT2D eigenvalue weighted by molar-refractivity contribution is 5.98. The first kappa shape index (κ1) is 21.9. The molecule has 1 aliphatic carbocycles. The number of rotatable bonds is 7. The third-order valence-electron chi connectivity index (χ3n) is 6.02. The summed E-state index contributed by atoms with van der Waals surface area (Å²) in [6.07, 6.45) is 5.28. The highest BCUT2D eigenvalue weighted by Crippen LogP contribution is 2.28. The average molecular weight is 436 g/mol. The van der Waals surface area contributed by atoms with E-state index in [1.54, 1.807) is 24.3 Å². The maximum absolute atomic E-state index is 12.6. The number of carbonyl (C=O) groups is 3. The van der Waals surface area contributed by atoms with Gasteiger partial charge >= 0.3 is 0 Å². The molecule has 4 rings (SSSR count). The van der Waals surface area contributed by atoms with Crippen LogP contribution in [0.1, 0.15) is 48.0 Å². The van der Waals surface area contributed by atoms with E-state index in [1.165, 1.54) is 6.42 Å². The number of benzene rings is 2. The molecule has 3 N–H and O–H groups in total. The molecule has 168 valence electrons. The Hall–Kier alpha value is -3.35. The van der Waals surface area contributed by atoms with Crippen LogP contribution in [0.3, 0.4) is 0 Å². The van der Waals surface area contributed by atoms with Crippen molar-refractivity contribution in [2.24, 2.45) is 5.92 Å². The quantitative estimate of drug-likeness (QED) is 0.583. The molecule has 0 spiro atoms. The van der Waals surface area contributed by atoms with E-state index in [9.17, 15) is 14.4 Å². The van der Waals surface area contributed by atoms with Gasteiger partial charge in [-0.25, -0.2) is 0 Å². The van der Waals surface area contributed by atoms with Crippen LogP contribution >= 0.6 is 0 Å². The second-order valence-corrected chi connectivity index (χ2v) is 8.37. The molecule has 1 fully saturated rings. The van der Waals surface area contributed by atoms with Crippen molar-refractivity contribution < 1.29 is 19.1 Å². The summed E-state index contributed by atoms with van der Waals surface area (Å²) in [6, 6.07) is 14.4. The molecule has 1 unspecified atom stereocenters. The predicted molar refractivity (Wildman–Crippen MR) is 122 cm³/mol. The molecule has 1 atom stereocenters. The summed E-state index contributed by atoms with van der Waals surface area (Å²) in [5, 5.41) is 8.56. The Morgan fingerprint density at radius 1 is 0.875 bits per heavy atom. The van der Waals surface area contributed by atoms with Crippen LogP contribution in [0.4, 0.5) is 5.69 Å². The van der Waals surface area contributed by atoms with Gasteiger partial charge in [0.15, 0.2) is 6.10 Å². The van der Waals surface area contributed by atoms with Crippen LogP contribution < -0.4 is 20.7 Å². The van der Waals surface area contributed by atoms with Crippen molar-refractivity contribution in [1.82, 2.24) is 10.6 Å². The smallest absolute Gasteiger partial charge is 0.265 e. The largest absolute Gasteiger partial charge is 0.480 e. The van der Waals surface area contributed by atoms with Crippen LogP contribution in [-0.4, -0.2) is 36.9 Å². The minimum atomic E-state index is -0.586. The average Bonchev–Trinajstić information content (AvgIpc) is 3.27. The Bertz CT molecular complexity index is 960. The molecule has 1 saturated carbocycles. The fraction of sp³-hybridized carbons (Fsp3) is 0.400. The van der Waals surface area contributed by atoms with Gasteiger partial charge in [-0.05, 0) is 42.7 Å². The van der Waals surface area contributed by atoms with Crippen molar-refractivity contribution in [3.8, 4) is 5.75 Å². The van der Waals surface area contributed by atoms with E-state index < -0.39 is 6.10 Å². The summed E-state index contributed by atoms with van der Waals surface area (Å²) in [6.45, 7) is 0.749. The van der Waals surface area contributed by atoms with Gasteiger partial charge in [-0.15, -0.1) is 0 Å². The number of nitrogens with one attached hydrogen (secondary N) is 3. The zero-order valence-corrected chi connectivity index (χ0v) is 18.1. The Morgan fingerprint density at radius 3 is 2.47 bits per heavy atom. The predicted octanol–water partition coefficient (Wildman–Crippen LogP) is 3.06. The van der Waals surface area contributed by atoms with Gasteiger partial charge in [0.2, 0.25) is 5.91 Å². The minimum Gasteiger partial charge on any atom is -0.480 e. The van der Waals surface area contributed by atoms with Crippen molar-refractivity contribution in [3.63, 3.8) is 0 Å². The van der Waals surface area contributed by atoms with Crippen molar-refractivity contribution in [3.05, 3.63) is 59.7 Å². The van der Waals surface area contributed by atoms with Crippen LogP contribution in [-0.2, 0) is 16.0 Å². The van der Waals surface area contributed by atoms with Crippen LogP contribution in [0.2, 0.25) is 0 Å². The molecule has 7 nitrogen and oxygen atoms in total. The summed E-state index contributed by atoms with van der Waals surface area (Å²) in [7, 11) is 0. The second kappa shape index (κ2) is 10.3. The van der Waals surface area contributed by atoms with E-state index in [2.05, 4.69) is 16.0 Å². The van der Waals surface area contributed by atoms with E-state index in [1.807, 2.05) is 24.3 Å². The number of fused-ring (bicyclic) bond motifs is 1. The summed E-state index contributed by atoms with van der Waals surface area (Å²) in [4.78, 5) is 37.2. The van der Waals surface area contributed by atoms with Crippen LogP contribution in [0.15, 0.2) is 48.5 Å². The van der Waals surface area contributed by atoms with E-state index in [0.717, 1.165) is 37.0 Å². The van der Waals surface area contributed by atoms with E-state index in [-0.39, 0.29) is 23.6 Å². The molecule has 1 aliphatic heterocycles. The van der Waals surface area contributed by atoms with E-state index >= 15 is 0 Å². The molecule has 1 heterocycles. The van der Waals surface area contributed by atoms with Gasteiger partial charge in [-0.3, -0.25) is 14.4 Å². The zero-order valence-electron chi connectivity index (χ0n) is 18.1. The molecule has 7 heteroatoms. The topological polar surface area (TPSA) is 96.5 Å². The zero-order chi connectivity index (χ0) is 22.3. The maximum Gasteiger partial charge on any atom is 0.265 e. The number of ether oxygens (including phenoxy) is 1. The highest BCUT2D eigenvalue weighted by atomic mass is 16.5. The molecular weight excluding hydrogens is 406 g/mol. The van der Waals surface area contributed by atoms with Crippen LogP contribution in [0.5, 0.6) is 5.75 Å². The maximum atomic E-state index is 12.6. The van der Waals surface area contributed by atoms with Crippen LogP contribution in [0, 0.1) is 5.92 Å². The van der Waals surface area contributed by atoms with E-state index in [0.29, 0.717) is 30.8 Å². The van der Waals surface area contributed by atoms with Crippen molar-refractivity contribution >= 4 is 23.4 Å². The highest BCUT2D eigenvalue weighted by Gasteiger charge is 2.28. The molecule has 2 aliphatic rings. The summed E-state index contributed by atoms with van der Waals surface area (Å²) in [5.41, 5.74) is 1.99.